The van der Waals surface area contributed by atoms with E-state index in [9.17, 15) is 9.59 Å². The number of amides is 2. The first-order valence-corrected chi connectivity index (χ1v) is 5.68. The summed E-state index contributed by atoms with van der Waals surface area (Å²) in [6, 6.07) is 6.89. The number of nitrogens with zero attached hydrogens (tertiary/aromatic N) is 1. The smallest absolute Gasteiger partial charge is 0.238 e. The minimum atomic E-state index is -0.162. The Bertz CT molecular complexity index is 512. The molecule has 17 heavy (non-hydrogen) atoms. The van der Waals surface area contributed by atoms with Crippen LogP contribution in [0.1, 0.15) is 13.8 Å². The molecule has 1 aromatic rings. The summed E-state index contributed by atoms with van der Waals surface area (Å²) in [7, 11) is 0. The Hall–Kier alpha value is -1.84. The number of hydrogen-bond acceptors (Lipinski definition) is 3. The molecule has 3 rings (SSSR count). The molecule has 1 saturated carbocycles. The third-order valence-corrected chi connectivity index (χ3v) is 3.93. The standard InChI is InChI=1S/C13H14N2O2/c1-13(2)9-10(13)12(17)15(11(9)16)8-5-3-4-7(14)6-8/h3-6,9-10H,14H2,1-2H3. The number of rotatable bonds is 1. The lowest BCUT2D eigenvalue weighted by Gasteiger charge is -2.20. The van der Waals surface area contributed by atoms with Crippen molar-refractivity contribution in [3.05, 3.63) is 24.3 Å². The number of nitrogens with two attached hydrogens (primary N) is 1. The van der Waals surface area contributed by atoms with E-state index in [2.05, 4.69) is 0 Å². The molecule has 0 bridgehead atoms. The summed E-state index contributed by atoms with van der Waals surface area (Å²) in [5, 5.41) is 0. The van der Waals surface area contributed by atoms with Gasteiger partial charge in [0.1, 0.15) is 0 Å². The van der Waals surface area contributed by atoms with E-state index in [0.717, 1.165) is 0 Å². The number of benzene rings is 1. The summed E-state index contributed by atoms with van der Waals surface area (Å²) in [5.74, 6) is -0.459. The van der Waals surface area contributed by atoms with Gasteiger partial charge in [0.15, 0.2) is 0 Å². The van der Waals surface area contributed by atoms with E-state index in [1.165, 1.54) is 4.90 Å². The average Bonchev–Trinajstić information content (AvgIpc) is 2.68. The Labute approximate surface area is 99.4 Å². The quantitative estimate of drug-likeness (QED) is 0.586. The van der Waals surface area contributed by atoms with Crippen LogP contribution in [0.4, 0.5) is 11.4 Å². The number of anilines is 2. The first-order valence-electron chi connectivity index (χ1n) is 5.68. The molecule has 1 heterocycles. The Morgan fingerprint density at radius 3 is 2.29 bits per heavy atom. The lowest BCUT2D eigenvalue weighted by Crippen LogP contribution is -2.36. The van der Waals surface area contributed by atoms with Gasteiger partial charge in [-0.3, -0.25) is 9.59 Å². The topological polar surface area (TPSA) is 63.4 Å². The van der Waals surface area contributed by atoms with Crippen molar-refractivity contribution in [1.82, 2.24) is 0 Å². The lowest BCUT2D eigenvalue weighted by molar-refractivity contribution is -0.125. The fourth-order valence-electron chi connectivity index (χ4n) is 2.86. The number of fused-ring (bicyclic) bond motifs is 1. The van der Waals surface area contributed by atoms with Gasteiger partial charge in [-0.05, 0) is 23.6 Å². The van der Waals surface area contributed by atoms with Crippen molar-refractivity contribution in [2.75, 3.05) is 10.6 Å². The fraction of sp³-hybridized carbons (Fsp3) is 0.385. The highest BCUT2D eigenvalue weighted by Crippen LogP contribution is 2.63. The molecule has 0 radical (unpaired) electrons. The van der Waals surface area contributed by atoms with Gasteiger partial charge in [0.25, 0.3) is 0 Å². The third kappa shape index (κ3) is 1.18. The van der Waals surface area contributed by atoms with Crippen molar-refractivity contribution in [2.45, 2.75) is 13.8 Å². The van der Waals surface area contributed by atoms with Crippen LogP contribution in [0.5, 0.6) is 0 Å². The molecule has 1 aromatic carbocycles. The molecule has 1 saturated heterocycles. The van der Waals surface area contributed by atoms with Gasteiger partial charge in [-0.25, -0.2) is 4.90 Å². The van der Waals surface area contributed by atoms with Crippen LogP contribution in [-0.2, 0) is 9.59 Å². The van der Waals surface area contributed by atoms with Gasteiger partial charge in [-0.15, -0.1) is 0 Å². The number of imide groups is 1. The largest absolute Gasteiger partial charge is 0.399 e. The van der Waals surface area contributed by atoms with E-state index in [-0.39, 0.29) is 29.1 Å². The molecule has 2 unspecified atom stereocenters. The number of hydrogen-bond donors (Lipinski definition) is 1. The number of nitrogen functional groups attached to an aromatic ring is 1. The molecule has 4 nitrogen and oxygen atoms in total. The zero-order valence-corrected chi connectivity index (χ0v) is 9.81. The van der Waals surface area contributed by atoms with Crippen molar-refractivity contribution in [3.63, 3.8) is 0 Å². The highest BCUT2D eigenvalue weighted by Gasteiger charge is 2.72. The number of carbonyl (C=O) groups excluding carboxylic acids is 2. The van der Waals surface area contributed by atoms with Gasteiger partial charge in [-0.2, -0.15) is 0 Å². The Kier molecular flexibility index (Phi) is 1.75. The molecule has 1 aliphatic heterocycles. The van der Waals surface area contributed by atoms with Gasteiger partial charge >= 0.3 is 0 Å². The lowest BCUT2D eigenvalue weighted by atomic mass is 10.1. The maximum absolute atomic E-state index is 12.1. The highest BCUT2D eigenvalue weighted by molar-refractivity contribution is 6.25. The van der Waals surface area contributed by atoms with Gasteiger partial charge in [-0.1, -0.05) is 19.9 Å². The highest BCUT2D eigenvalue weighted by atomic mass is 16.2. The first kappa shape index (κ1) is 10.3. The molecule has 2 amide bonds. The normalized spacial score (nSPS) is 29.4. The van der Waals surface area contributed by atoms with E-state index < -0.39 is 0 Å². The van der Waals surface area contributed by atoms with Crippen molar-refractivity contribution >= 4 is 23.2 Å². The Balaban J connectivity index is 1.98. The second kappa shape index (κ2) is 2.88. The zero-order valence-electron chi connectivity index (χ0n) is 9.81. The Morgan fingerprint density at radius 2 is 1.76 bits per heavy atom. The molecule has 2 atom stereocenters. The SMILES string of the molecule is CC1(C)C2C(=O)N(c3cccc(N)c3)C(=O)C21. The summed E-state index contributed by atoms with van der Waals surface area (Å²) in [6.45, 7) is 3.93. The fourth-order valence-corrected chi connectivity index (χ4v) is 2.86. The van der Waals surface area contributed by atoms with Crippen molar-refractivity contribution in [1.29, 1.82) is 0 Å². The average molecular weight is 230 g/mol. The van der Waals surface area contributed by atoms with Crippen molar-refractivity contribution < 1.29 is 9.59 Å². The maximum atomic E-state index is 12.1. The van der Waals surface area contributed by atoms with Crippen LogP contribution in [-0.4, -0.2) is 11.8 Å². The molecule has 2 N–H and O–H groups in total. The third-order valence-electron chi connectivity index (χ3n) is 3.93. The molecule has 2 fully saturated rings. The van der Waals surface area contributed by atoms with Gasteiger partial charge in [0.05, 0.1) is 17.5 Å². The first-order chi connectivity index (χ1) is 7.94. The predicted molar refractivity (Wildman–Crippen MR) is 64.1 cm³/mol. The van der Waals surface area contributed by atoms with E-state index in [0.29, 0.717) is 11.4 Å². The number of piperidine rings is 1. The molecule has 4 heteroatoms. The van der Waals surface area contributed by atoms with Gasteiger partial charge in [0, 0.05) is 5.69 Å². The summed E-state index contributed by atoms with van der Waals surface area (Å²) in [5.41, 5.74) is 6.65. The molecule has 1 aliphatic carbocycles. The molecule has 0 spiro atoms. The minimum absolute atomic E-state index is 0.0874. The van der Waals surface area contributed by atoms with E-state index >= 15 is 0 Å². The van der Waals surface area contributed by atoms with Crippen LogP contribution in [0.3, 0.4) is 0 Å². The Morgan fingerprint density at radius 1 is 1.18 bits per heavy atom. The zero-order chi connectivity index (χ0) is 12.4. The molecular formula is C13H14N2O2. The van der Waals surface area contributed by atoms with E-state index in [1.54, 1.807) is 24.3 Å². The van der Waals surface area contributed by atoms with Crippen molar-refractivity contribution in [3.8, 4) is 0 Å². The predicted octanol–water partition coefficient (Wildman–Crippen LogP) is 1.41. The summed E-state index contributed by atoms with van der Waals surface area (Å²) < 4.78 is 0. The summed E-state index contributed by atoms with van der Waals surface area (Å²) in [6.07, 6.45) is 0. The second-order valence-corrected chi connectivity index (χ2v) is 5.38. The van der Waals surface area contributed by atoms with E-state index in [4.69, 9.17) is 5.73 Å². The number of carbonyl (C=O) groups is 2. The van der Waals surface area contributed by atoms with Crippen LogP contribution in [0.2, 0.25) is 0 Å². The van der Waals surface area contributed by atoms with Crippen molar-refractivity contribution in [2.24, 2.45) is 17.3 Å². The van der Waals surface area contributed by atoms with Gasteiger partial charge < -0.3 is 5.73 Å². The van der Waals surface area contributed by atoms with E-state index in [1.807, 2.05) is 13.8 Å². The molecular weight excluding hydrogens is 216 g/mol. The summed E-state index contributed by atoms with van der Waals surface area (Å²) >= 11 is 0. The maximum Gasteiger partial charge on any atom is 0.238 e. The summed E-state index contributed by atoms with van der Waals surface area (Å²) in [4.78, 5) is 25.6. The van der Waals surface area contributed by atoms with Crippen LogP contribution < -0.4 is 10.6 Å². The van der Waals surface area contributed by atoms with Crippen LogP contribution in [0, 0.1) is 17.3 Å². The molecule has 88 valence electrons. The molecule has 0 aromatic heterocycles. The second-order valence-electron chi connectivity index (χ2n) is 5.38. The minimum Gasteiger partial charge on any atom is -0.399 e. The monoisotopic (exact) mass is 230 g/mol. The van der Waals surface area contributed by atoms with Crippen LogP contribution in [0.25, 0.3) is 0 Å². The van der Waals surface area contributed by atoms with Gasteiger partial charge in [0.2, 0.25) is 11.8 Å². The molecule has 2 aliphatic rings. The van der Waals surface area contributed by atoms with Crippen LogP contribution >= 0.6 is 0 Å². The van der Waals surface area contributed by atoms with Crippen LogP contribution in [0.15, 0.2) is 24.3 Å².